The zero-order chi connectivity index (χ0) is 23.6. The standard InChI is InChI=1S/C28H34N2O3/c1-4-5-18-30(28(32)25-14-11-22(2)12-15-25)21-27(31)29(20-26-16-13-23(3)33-26)19-17-24-9-7-6-8-10-24/h6-16H,4-5,17-21H2,1-3H3. The average molecular weight is 447 g/mol. The van der Waals surface area contributed by atoms with Gasteiger partial charge in [0.2, 0.25) is 5.91 Å². The summed E-state index contributed by atoms with van der Waals surface area (Å²) in [6, 6.07) is 21.5. The van der Waals surface area contributed by atoms with Crippen LogP contribution in [0.4, 0.5) is 0 Å². The minimum atomic E-state index is -0.103. The molecule has 2 aromatic carbocycles. The van der Waals surface area contributed by atoms with Gasteiger partial charge in [-0.25, -0.2) is 0 Å². The van der Waals surface area contributed by atoms with E-state index >= 15 is 0 Å². The van der Waals surface area contributed by atoms with Crippen molar-refractivity contribution in [1.82, 2.24) is 9.80 Å². The van der Waals surface area contributed by atoms with Crippen molar-refractivity contribution >= 4 is 11.8 Å². The maximum absolute atomic E-state index is 13.4. The van der Waals surface area contributed by atoms with Crippen LogP contribution in [0, 0.1) is 13.8 Å². The summed E-state index contributed by atoms with van der Waals surface area (Å²) in [6.45, 7) is 7.53. The van der Waals surface area contributed by atoms with Gasteiger partial charge < -0.3 is 14.2 Å². The number of hydrogen-bond acceptors (Lipinski definition) is 3. The summed E-state index contributed by atoms with van der Waals surface area (Å²) in [7, 11) is 0. The van der Waals surface area contributed by atoms with Crippen molar-refractivity contribution in [2.45, 2.75) is 46.6 Å². The lowest BCUT2D eigenvalue weighted by atomic mass is 10.1. The second kappa shape index (κ2) is 12.0. The Morgan fingerprint density at radius 1 is 0.848 bits per heavy atom. The van der Waals surface area contributed by atoms with E-state index in [0.29, 0.717) is 25.2 Å². The third kappa shape index (κ3) is 7.35. The van der Waals surface area contributed by atoms with E-state index in [1.54, 1.807) is 9.80 Å². The van der Waals surface area contributed by atoms with Crippen molar-refractivity contribution in [2.75, 3.05) is 19.6 Å². The summed E-state index contributed by atoms with van der Waals surface area (Å²) in [5.41, 5.74) is 2.88. The monoisotopic (exact) mass is 446 g/mol. The Morgan fingerprint density at radius 2 is 1.58 bits per heavy atom. The number of carbonyl (C=O) groups excluding carboxylic acids is 2. The van der Waals surface area contributed by atoms with Crippen molar-refractivity contribution in [3.8, 4) is 0 Å². The molecule has 0 saturated carbocycles. The molecule has 5 nitrogen and oxygen atoms in total. The van der Waals surface area contributed by atoms with E-state index in [1.807, 2.05) is 68.4 Å². The number of hydrogen-bond donors (Lipinski definition) is 0. The number of furan rings is 1. The molecule has 1 heterocycles. The Labute approximate surface area is 197 Å². The van der Waals surface area contributed by atoms with Crippen LogP contribution in [0.3, 0.4) is 0 Å². The summed E-state index contributed by atoms with van der Waals surface area (Å²) in [6.07, 6.45) is 2.55. The highest BCUT2D eigenvalue weighted by Gasteiger charge is 2.23. The Kier molecular flexibility index (Phi) is 8.87. The van der Waals surface area contributed by atoms with E-state index in [1.165, 1.54) is 5.56 Å². The SMILES string of the molecule is CCCCN(CC(=O)N(CCc1ccccc1)Cc1ccc(C)o1)C(=O)c1ccc(C)cc1. The second-order valence-corrected chi connectivity index (χ2v) is 8.51. The summed E-state index contributed by atoms with van der Waals surface area (Å²) in [4.78, 5) is 30.1. The van der Waals surface area contributed by atoms with Crippen LogP contribution in [0.15, 0.2) is 71.1 Å². The number of benzene rings is 2. The highest BCUT2D eigenvalue weighted by Crippen LogP contribution is 2.14. The molecule has 0 N–H and O–H groups in total. The molecule has 0 unspecified atom stereocenters. The van der Waals surface area contributed by atoms with Crippen molar-refractivity contribution < 1.29 is 14.0 Å². The number of carbonyl (C=O) groups is 2. The normalized spacial score (nSPS) is 10.8. The Balaban J connectivity index is 1.75. The summed E-state index contributed by atoms with van der Waals surface area (Å²) < 4.78 is 5.74. The van der Waals surface area contributed by atoms with Gasteiger partial charge in [-0.2, -0.15) is 0 Å². The lowest BCUT2D eigenvalue weighted by Crippen LogP contribution is -2.43. The van der Waals surface area contributed by atoms with E-state index in [9.17, 15) is 9.59 Å². The third-order valence-electron chi connectivity index (χ3n) is 5.70. The summed E-state index contributed by atoms with van der Waals surface area (Å²) in [5, 5.41) is 0. The van der Waals surface area contributed by atoms with Gasteiger partial charge in [0.1, 0.15) is 18.1 Å². The number of amides is 2. The Hall–Kier alpha value is -3.34. The minimum Gasteiger partial charge on any atom is -0.464 e. The molecular weight excluding hydrogens is 412 g/mol. The van der Waals surface area contributed by atoms with E-state index in [0.717, 1.165) is 36.3 Å². The first-order chi connectivity index (χ1) is 16.0. The van der Waals surface area contributed by atoms with Gasteiger partial charge in [-0.1, -0.05) is 61.4 Å². The van der Waals surface area contributed by atoms with Crippen LogP contribution >= 0.6 is 0 Å². The molecule has 1 aromatic heterocycles. The molecule has 0 saturated heterocycles. The fourth-order valence-electron chi connectivity index (χ4n) is 3.70. The summed E-state index contributed by atoms with van der Waals surface area (Å²) in [5.74, 6) is 1.39. The molecular formula is C28H34N2O3. The first kappa shape index (κ1) is 24.3. The zero-order valence-electron chi connectivity index (χ0n) is 19.9. The minimum absolute atomic E-state index is 0.0567. The number of aryl methyl sites for hydroxylation is 2. The van der Waals surface area contributed by atoms with E-state index < -0.39 is 0 Å². The first-order valence-electron chi connectivity index (χ1n) is 11.7. The predicted octanol–water partition coefficient (Wildman–Crippen LogP) is 5.41. The Morgan fingerprint density at radius 3 is 2.21 bits per heavy atom. The zero-order valence-corrected chi connectivity index (χ0v) is 19.9. The van der Waals surface area contributed by atoms with Crippen LogP contribution in [0.1, 0.15) is 52.8 Å². The molecule has 33 heavy (non-hydrogen) atoms. The number of unbranched alkanes of at least 4 members (excludes halogenated alkanes) is 1. The summed E-state index contributed by atoms with van der Waals surface area (Å²) >= 11 is 0. The van der Waals surface area contributed by atoms with Gasteiger partial charge in [0.05, 0.1) is 6.54 Å². The maximum Gasteiger partial charge on any atom is 0.254 e. The predicted molar refractivity (Wildman–Crippen MR) is 131 cm³/mol. The quantitative estimate of drug-likeness (QED) is 0.396. The van der Waals surface area contributed by atoms with Crippen LogP contribution < -0.4 is 0 Å². The van der Waals surface area contributed by atoms with E-state index in [2.05, 4.69) is 19.1 Å². The number of nitrogens with zero attached hydrogens (tertiary/aromatic N) is 2. The molecule has 0 spiro atoms. The average Bonchev–Trinajstić information content (AvgIpc) is 3.24. The molecule has 2 amide bonds. The molecule has 0 aliphatic carbocycles. The van der Waals surface area contributed by atoms with Crippen molar-refractivity contribution in [3.63, 3.8) is 0 Å². The molecule has 3 aromatic rings. The fourth-order valence-corrected chi connectivity index (χ4v) is 3.70. The van der Waals surface area contributed by atoms with Gasteiger partial charge >= 0.3 is 0 Å². The highest BCUT2D eigenvalue weighted by atomic mass is 16.3. The molecule has 5 heteroatoms. The topological polar surface area (TPSA) is 53.8 Å². The molecule has 0 atom stereocenters. The second-order valence-electron chi connectivity index (χ2n) is 8.51. The van der Waals surface area contributed by atoms with Crippen molar-refractivity contribution in [3.05, 3.63) is 94.9 Å². The van der Waals surface area contributed by atoms with Gasteiger partial charge in [-0.15, -0.1) is 0 Å². The molecule has 0 aliphatic heterocycles. The Bertz CT molecular complexity index is 1020. The van der Waals surface area contributed by atoms with Gasteiger partial charge in [0.15, 0.2) is 0 Å². The fraction of sp³-hybridized carbons (Fsp3) is 0.357. The van der Waals surface area contributed by atoms with Gasteiger partial charge in [-0.05, 0) is 56.5 Å². The first-order valence-corrected chi connectivity index (χ1v) is 11.7. The largest absolute Gasteiger partial charge is 0.464 e. The van der Waals surface area contributed by atoms with Crippen molar-refractivity contribution in [1.29, 1.82) is 0 Å². The maximum atomic E-state index is 13.4. The van der Waals surface area contributed by atoms with Gasteiger partial charge in [0, 0.05) is 18.7 Å². The molecule has 0 fully saturated rings. The third-order valence-corrected chi connectivity index (χ3v) is 5.70. The van der Waals surface area contributed by atoms with Crippen LogP contribution in [0.5, 0.6) is 0 Å². The lowest BCUT2D eigenvalue weighted by molar-refractivity contribution is -0.132. The van der Waals surface area contributed by atoms with E-state index in [-0.39, 0.29) is 18.4 Å². The number of rotatable bonds is 11. The lowest BCUT2D eigenvalue weighted by Gasteiger charge is -2.27. The van der Waals surface area contributed by atoms with Gasteiger partial charge in [-0.3, -0.25) is 9.59 Å². The molecule has 174 valence electrons. The molecule has 3 rings (SSSR count). The molecule has 0 aliphatic rings. The smallest absolute Gasteiger partial charge is 0.254 e. The van der Waals surface area contributed by atoms with Crippen LogP contribution in [0.2, 0.25) is 0 Å². The van der Waals surface area contributed by atoms with E-state index in [4.69, 9.17) is 4.42 Å². The highest BCUT2D eigenvalue weighted by molar-refractivity contribution is 5.96. The van der Waals surface area contributed by atoms with Gasteiger partial charge in [0.25, 0.3) is 5.91 Å². The van der Waals surface area contributed by atoms with Crippen LogP contribution in [-0.2, 0) is 17.8 Å². The van der Waals surface area contributed by atoms with Crippen LogP contribution in [0.25, 0.3) is 0 Å². The van der Waals surface area contributed by atoms with Crippen LogP contribution in [-0.4, -0.2) is 41.2 Å². The molecule has 0 bridgehead atoms. The molecule has 0 radical (unpaired) electrons. The van der Waals surface area contributed by atoms with Crippen molar-refractivity contribution in [2.24, 2.45) is 0 Å².